The highest BCUT2D eigenvalue weighted by atomic mass is 35.5. The van der Waals surface area contributed by atoms with Crippen molar-refractivity contribution in [3.63, 3.8) is 0 Å². The second-order valence-electron chi connectivity index (χ2n) is 4.54. The molecule has 100 valence electrons. The Morgan fingerprint density at radius 1 is 1.39 bits per heavy atom. The van der Waals surface area contributed by atoms with Crippen LogP contribution in [-0.2, 0) is 11.3 Å². The monoisotopic (exact) mass is 270 g/mol. The van der Waals surface area contributed by atoms with Gasteiger partial charge in [-0.2, -0.15) is 0 Å². The molecule has 0 aromatic heterocycles. The lowest BCUT2D eigenvalue weighted by atomic mass is 9.77. The Morgan fingerprint density at radius 2 is 2.00 bits per heavy atom. The summed E-state index contributed by atoms with van der Waals surface area (Å²) >= 11 is 0. The van der Waals surface area contributed by atoms with Gasteiger partial charge in [0.1, 0.15) is 5.75 Å². The second kappa shape index (κ2) is 6.07. The Hall–Kier alpha value is -1.26. The van der Waals surface area contributed by atoms with Gasteiger partial charge in [0.25, 0.3) is 0 Å². The highest BCUT2D eigenvalue weighted by molar-refractivity contribution is 5.87. The van der Waals surface area contributed by atoms with Crippen LogP contribution in [0.25, 0.3) is 0 Å². The van der Waals surface area contributed by atoms with E-state index in [-0.39, 0.29) is 18.3 Å². The van der Waals surface area contributed by atoms with Crippen LogP contribution in [0.2, 0.25) is 0 Å². The standard InChI is InChI=1S/C13H18N2O2.ClH/c1-17-11-5-3-10(4-6-11)9-15-12(16)13(14)7-2-8-13;/h3-6H,2,7-9,14H2,1H3,(H,15,16);1H. The van der Waals surface area contributed by atoms with Gasteiger partial charge in [0.15, 0.2) is 0 Å². The highest BCUT2D eigenvalue weighted by Gasteiger charge is 2.39. The van der Waals surface area contributed by atoms with Crippen LogP contribution in [0.5, 0.6) is 5.75 Å². The van der Waals surface area contributed by atoms with Gasteiger partial charge in [-0.1, -0.05) is 12.1 Å². The van der Waals surface area contributed by atoms with E-state index >= 15 is 0 Å². The molecule has 1 saturated carbocycles. The van der Waals surface area contributed by atoms with Crippen molar-refractivity contribution < 1.29 is 9.53 Å². The molecule has 1 fully saturated rings. The number of halogens is 1. The number of methoxy groups -OCH3 is 1. The van der Waals surface area contributed by atoms with E-state index in [9.17, 15) is 4.79 Å². The lowest BCUT2D eigenvalue weighted by Gasteiger charge is -2.36. The molecule has 0 saturated heterocycles. The largest absolute Gasteiger partial charge is 0.497 e. The third-order valence-corrected chi connectivity index (χ3v) is 3.31. The zero-order valence-corrected chi connectivity index (χ0v) is 11.3. The minimum absolute atomic E-state index is 0. The summed E-state index contributed by atoms with van der Waals surface area (Å²) in [5, 5.41) is 2.87. The van der Waals surface area contributed by atoms with E-state index in [1.54, 1.807) is 7.11 Å². The number of amides is 1. The van der Waals surface area contributed by atoms with E-state index in [0.29, 0.717) is 6.54 Å². The molecule has 1 aromatic carbocycles. The zero-order chi connectivity index (χ0) is 12.3. The minimum atomic E-state index is -0.619. The number of carbonyl (C=O) groups is 1. The fraction of sp³-hybridized carbons (Fsp3) is 0.462. The fourth-order valence-corrected chi connectivity index (χ4v) is 1.89. The zero-order valence-electron chi connectivity index (χ0n) is 10.4. The van der Waals surface area contributed by atoms with Gasteiger partial charge in [-0.15, -0.1) is 12.4 Å². The first-order chi connectivity index (χ1) is 8.14. The van der Waals surface area contributed by atoms with Crippen molar-refractivity contribution in [1.82, 2.24) is 5.32 Å². The molecule has 3 N–H and O–H groups in total. The Morgan fingerprint density at radius 3 is 2.44 bits per heavy atom. The van der Waals surface area contributed by atoms with Gasteiger partial charge in [-0.05, 0) is 37.0 Å². The van der Waals surface area contributed by atoms with Crippen molar-refractivity contribution >= 4 is 18.3 Å². The molecular weight excluding hydrogens is 252 g/mol. The van der Waals surface area contributed by atoms with E-state index < -0.39 is 5.54 Å². The quantitative estimate of drug-likeness (QED) is 0.874. The maximum absolute atomic E-state index is 11.8. The summed E-state index contributed by atoms with van der Waals surface area (Å²) in [5.41, 5.74) is 6.35. The lowest BCUT2D eigenvalue weighted by molar-refractivity contribution is -0.129. The van der Waals surface area contributed by atoms with Crippen molar-refractivity contribution in [1.29, 1.82) is 0 Å². The summed E-state index contributed by atoms with van der Waals surface area (Å²) in [7, 11) is 1.63. The van der Waals surface area contributed by atoms with Gasteiger partial charge < -0.3 is 15.8 Å². The number of rotatable bonds is 4. The lowest BCUT2D eigenvalue weighted by Crippen LogP contribution is -2.58. The molecule has 0 aliphatic heterocycles. The van der Waals surface area contributed by atoms with Gasteiger partial charge in [0.2, 0.25) is 5.91 Å². The van der Waals surface area contributed by atoms with Crippen LogP contribution in [0.15, 0.2) is 24.3 Å². The number of benzene rings is 1. The maximum atomic E-state index is 11.8. The van der Waals surface area contributed by atoms with Gasteiger partial charge in [0, 0.05) is 6.54 Å². The van der Waals surface area contributed by atoms with Crippen LogP contribution in [0.3, 0.4) is 0 Å². The third-order valence-electron chi connectivity index (χ3n) is 3.31. The fourth-order valence-electron chi connectivity index (χ4n) is 1.89. The van der Waals surface area contributed by atoms with Crippen molar-refractivity contribution in [3.05, 3.63) is 29.8 Å². The second-order valence-corrected chi connectivity index (χ2v) is 4.54. The van der Waals surface area contributed by atoms with Crippen molar-refractivity contribution in [2.24, 2.45) is 5.73 Å². The summed E-state index contributed by atoms with van der Waals surface area (Å²) in [6.45, 7) is 0.516. The van der Waals surface area contributed by atoms with Crippen molar-refractivity contribution in [3.8, 4) is 5.75 Å². The smallest absolute Gasteiger partial charge is 0.240 e. The highest BCUT2D eigenvalue weighted by Crippen LogP contribution is 2.29. The molecule has 0 heterocycles. The van der Waals surface area contributed by atoms with Crippen LogP contribution in [0.1, 0.15) is 24.8 Å². The number of carbonyl (C=O) groups excluding carboxylic acids is 1. The first-order valence-electron chi connectivity index (χ1n) is 5.84. The van der Waals surface area contributed by atoms with Crippen molar-refractivity contribution in [2.45, 2.75) is 31.3 Å². The first kappa shape index (κ1) is 14.8. The van der Waals surface area contributed by atoms with E-state index in [1.165, 1.54) is 0 Å². The molecular formula is C13H19ClN2O2. The Labute approximate surface area is 113 Å². The number of nitrogens with two attached hydrogens (primary N) is 1. The normalized spacial score (nSPS) is 16.1. The molecule has 0 atom stereocenters. The Balaban J connectivity index is 0.00000162. The molecule has 0 spiro atoms. The van der Waals surface area contributed by atoms with Gasteiger partial charge in [-0.25, -0.2) is 0 Å². The molecule has 1 amide bonds. The maximum Gasteiger partial charge on any atom is 0.240 e. The SMILES string of the molecule is COc1ccc(CNC(=O)C2(N)CCC2)cc1.Cl. The third kappa shape index (κ3) is 3.15. The molecule has 2 rings (SSSR count). The summed E-state index contributed by atoms with van der Waals surface area (Å²) in [5.74, 6) is 0.772. The van der Waals surface area contributed by atoms with Crippen LogP contribution < -0.4 is 15.8 Å². The topological polar surface area (TPSA) is 64.3 Å². The van der Waals surface area contributed by atoms with Crippen LogP contribution in [-0.4, -0.2) is 18.6 Å². The summed E-state index contributed by atoms with van der Waals surface area (Å²) < 4.78 is 5.07. The average Bonchev–Trinajstić information content (AvgIpc) is 2.33. The molecule has 18 heavy (non-hydrogen) atoms. The summed E-state index contributed by atoms with van der Waals surface area (Å²) in [6, 6.07) is 7.62. The van der Waals surface area contributed by atoms with Gasteiger partial charge in [-0.3, -0.25) is 4.79 Å². The first-order valence-corrected chi connectivity index (χ1v) is 5.84. The number of hydrogen-bond acceptors (Lipinski definition) is 3. The molecule has 1 aromatic rings. The molecule has 0 bridgehead atoms. The Bertz CT molecular complexity index is 402. The Kier molecular flexibility index (Phi) is 4.99. The van der Waals surface area contributed by atoms with Crippen molar-refractivity contribution in [2.75, 3.05) is 7.11 Å². The molecule has 1 aliphatic carbocycles. The predicted molar refractivity (Wildman–Crippen MR) is 72.9 cm³/mol. The van der Waals surface area contributed by atoms with E-state index in [4.69, 9.17) is 10.5 Å². The molecule has 0 unspecified atom stereocenters. The van der Waals surface area contributed by atoms with Crippen LogP contribution >= 0.6 is 12.4 Å². The molecule has 5 heteroatoms. The van der Waals surface area contributed by atoms with E-state index in [2.05, 4.69) is 5.32 Å². The average molecular weight is 271 g/mol. The van der Waals surface area contributed by atoms with Crippen LogP contribution in [0, 0.1) is 0 Å². The summed E-state index contributed by atoms with van der Waals surface area (Å²) in [6.07, 6.45) is 2.63. The number of ether oxygens (including phenoxy) is 1. The molecule has 1 aliphatic rings. The van der Waals surface area contributed by atoms with Gasteiger partial charge >= 0.3 is 0 Å². The number of hydrogen-bond donors (Lipinski definition) is 2. The van der Waals surface area contributed by atoms with E-state index in [0.717, 1.165) is 30.6 Å². The molecule has 4 nitrogen and oxygen atoms in total. The molecule has 0 radical (unpaired) electrons. The predicted octanol–water partition coefficient (Wildman–Crippen LogP) is 1.61. The number of nitrogens with one attached hydrogen (secondary N) is 1. The van der Waals surface area contributed by atoms with E-state index in [1.807, 2.05) is 24.3 Å². The van der Waals surface area contributed by atoms with Crippen LogP contribution in [0.4, 0.5) is 0 Å². The minimum Gasteiger partial charge on any atom is -0.497 e. The summed E-state index contributed by atoms with van der Waals surface area (Å²) in [4.78, 5) is 11.8. The van der Waals surface area contributed by atoms with Gasteiger partial charge in [0.05, 0.1) is 12.6 Å².